The van der Waals surface area contributed by atoms with Crippen LogP contribution in [-0.2, 0) is 11.3 Å². The Morgan fingerprint density at radius 2 is 2.00 bits per heavy atom. The highest BCUT2D eigenvalue weighted by Crippen LogP contribution is 2.21. The molecule has 0 aromatic carbocycles. The van der Waals surface area contributed by atoms with Gasteiger partial charge in [0.1, 0.15) is 0 Å². The van der Waals surface area contributed by atoms with Gasteiger partial charge in [0.25, 0.3) is 0 Å². The summed E-state index contributed by atoms with van der Waals surface area (Å²) in [5, 5.41) is 9.14. The van der Waals surface area contributed by atoms with Gasteiger partial charge in [-0.1, -0.05) is 19.8 Å². The van der Waals surface area contributed by atoms with Crippen LogP contribution in [0.1, 0.15) is 56.0 Å². The predicted molar refractivity (Wildman–Crippen MR) is 73.5 cm³/mol. The molecule has 0 bridgehead atoms. The number of carboxylic acids is 1. The molecule has 1 N–H and O–H groups in total. The summed E-state index contributed by atoms with van der Waals surface area (Å²) in [6, 6.07) is 0. The van der Waals surface area contributed by atoms with E-state index in [1.807, 2.05) is 0 Å². The normalized spacial score (nSPS) is 12.4. The maximum Gasteiger partial charge on any atom is 0.347 e. The molecule has 1 aromatic rings. The van der Waals surface area contributed by atoms with E-state index in [4.69, 9.17) is 5.11 Å². The molecule has 0 radical (unpaired) electrons. The molecule has 1 atom stereocenters. The maximum atomic E-state index is 11.9. The SMILES string of the molecule is CCCCCn1c(C)c(C(C)C(=O)O)c(C)nc1=O. The molecule has 106 valence electrons. The van der Waals surface area contributed by atoms with Gasteiger partial charge in [-0.3, -0.25) is 9.36 Å². The maximum absolute atomic E-state index is 11.9. The van der Waals surface area contributed by atoms with Gasteiger partial charge in [-0.15, -0.1) is 0 Å². The number of aliphatic carboxylic acids is 1. The van der Waals surface area contributed by atoms with E-state index >= 15 is 0 Å². The Morgan fingerprint density at radius 1 is 1.37 bits per heavy atom. The third-order valence-electron chi connectivity index (χ3n) is 3.47. The Balaban J connectivity index is 3.22. The molecule has 0 saturated carbocycles. The molecule has 1 heterocycles. The highest BCUT2D eigenvalue weighted by molar-refractivity contribution is 5.76. The largest absolute Gasteiger partial charge is 0.481 e. The number of hydrogen-bond donors (Lipinski definition) is 1. The van der Waals surface area contributed by atoms with Gasteiger partial charge in [0, 0.05) is 23.5 Å². The van der Waals surface area contributed by atoms with Crippen LogP contribution in [0.4, 0.5) is 0 Å². The van der Waals surface area contributed by atoms with Gasteiger partial charge in [0.05, 0.1) is 5.92 Å². The van der Waals surface area contributed by atoms with E-state index in [9.17, 15) is 9.59 Å². The van der Waals surface area contributed by atoms with E-state index in [1.54, 1.807) is 25.3 Å². The van der Waals surface area contributed by atoms with E-state index in [0.29, 0.717) is 17.8 Å². The van der Waals surface area contributed by atoms with Crippen molar-refractivity contribution in [3.05, 3.63) is 27.4 Å². The van der Waals surface area contributed by atoms with Gasteiger partial charge in [0.2, 0.25) is 0 Å². The van der Waals surface area contributed by atoms with Crippen molar-refractivity contribution in [3.63, 3.8) is 0 Å². The van der Waals surface area contributed by atoms with Crippen molar-refractivity contribution in [2.24, 2.45) is 0 Å². The minimum absolute atomic E-state index is 0.285. The minimum Gasteiger partial charge on any atom is -0.481 e. The highest BCUT2D eigenvalue weighted by Gasteiger charge is 2.21. The summed E-state index contributed by atoms with van der Waals surface area (Å²) in [5.74, 6) is -1.54. The Morgan fingerprint density at radius 3 is 2.53 bits per heavy atom. The number of aromatic nitrogens is 2. The molecule has 19 heavy (non-hydrogen) atoms. The molecule has 5 heteroatoms. The first-order valence-corrected chi connectivity index (χ1v) is 6.70. The van der Waals surface area contributed by atoms with Gasteiger partial charge < -0.3 is 5.11 Å². The number of carboxylic acid groups (broad SMARTS) is 1. The molecule has 1 unspecified atom stereocenters. The average Bonchev–Trinajstić information content (AvgIpc) is 2.32. The van der Waals surface area contributed by atoms with Crippen molar-refractivity contribution < 1.29 is 9.90 Å². The van der Waals surface area contributed by atoms with Crippen LogP contribution in [0.25, 0.3) is 0 Å². The average molecular weight is 266 g/mol. The zero-order valence-corrected chi connectivity index (χ0v) is 12.1. The summed E-state index contributed by atoms with van der Waals surface area (Å²) in [4.78, 5) is 27.0. The Labute approximate surface area is 113 Å². The lowest BCUT2D eigenvalue weighted by Gasteiger charge is -2.17. The fourth-order valence-electron chi connectivity index (χ4n) is 2.35. The topological polar surface area (TPSA) is 72.2 Å². The minimum atomic E-state index is -0.897. The Bertz CT molecular complexity index is 520. The molecule has 5 nitrogen and oxygen atoms in total. The van der Waals surface area contributed by atoms with E-state index in [2.05, 4.69) is 11.9 Å². The van der Waals surface area contributed by atoms with Crippen molar-refractivity contribution in [1.29, 1.82) is 0 Å². The van der Waals surface area contributed by atoms with Gasteiger partial charge in [0.15, 0.2) is 0 Å². The van der Waals surface area contributed by atoms with Crippen LogP contribution in [0.2, 0.25) is 0 Å². The molecular weight excluding hydrogens is 244 g/mol. The summed E-state index contributed by atoms with van der Waals surface area (Å²) in [5.41, 5.74) is 1.61. The third kappa shape index (κ3) is 3.43. The number of rotatable bonds is 6. The van der Waals surface area contributed by atoms with Gasteiger partial charge in [-0.25, -0.2) is 4.79 Å². The molecule has 1 rings (SSSR count). The molecule has 0 aliphatic rings. The first-order valence-electron chi connectivity index (χ1n) is 6.70. The molecule has 0 saturated heterocycles. The monoisotopic (exact) mass is 266 g/mol. The second-order valence-corrected chi connectivity index (χ2v) is 4.90. The number of aryl methyl sites for hydroxylation is 1. The van der Waals surface area contributed by atoms with E-state index in [1.165, 1.54) is 0 Å². The van der Waals surface area contributed by atoms with Crippen LogP contribution in [0.3, 0.4) is 0 Å². The number of carbonyl (C=O) groups is 1. The molecule has 0 fully saturated rings. The van der Waals surface area contributed by atoms with Crippen molar-refractivity contribution in [2.45, 2.75) is 59.4 Å². The second-order valence-electron chi connectivity index (χ2n) is 4.90. The lowest BCUT2D eigenvalue weighted by Crippen LogP contribution is -2.29. The summed E-state index contributed by atoms with van der Waals surface area (Å²) in [6.07, 6.45) is 3.03. The Hall–Kier alpha value is -1.65. The first kappa shape index (κ1) is 15.4. The summed E-state index contributed by atoms with van der Waals surface area (Å²) in [7, 11) is 0. The number of hydrogen-bond acceptors (Lipinski definition) is 3. The molecular formula is C14H22N2O3. The fourth-order valence-corrected chi connectivity index (χ4v) is 2.35. The summed E-state index contributed by atoms with van der Waals surface area (Å²) >= 11 is 0. The van der Waals surface area contributed by atoms with Gasteiger partial charge in [-0.05, 0) is 27.2 Å². The lowest BCUT2D eigenvalue weighted by molar-refractivity contribution is -0.138. The zero-order valence-electron chi connectivity index (χ0n) is 12.1. The van der Waals surface area contributed by atoms with Crippen molar-refractivity contribution in [3.8, 4) is 0 Å². The zero-order chi connectivity index (χ0) is 14.6. The van der Waals surface area contributed by atoms with Crippen LogP contribution in [0.15, 0.2) is 4.79 Å². The Kier molecular flexibility index (Phi) is 5.27. The van der Waals surface area contributed by atoms with Crippen LogP contribution in [0.5, 0.6) is 0 Å². The summed E-state index contributed by atoms with van der Waals surface area (Å²) in [6.45, 7) is 7.82. The first-order chi connectivity index (χ1) is 8.90. The number of unbranched alkanes of at least 4 members (excludes halogenated alkanes) is 2. The standard InChI is InChI=1S/C14H22N2O3/c1-5-6-7-8-16-11(4)12(9(2)13(17)18)10(3)15-14(16)19/h9H,5-8H2,1-4H3,(H,17,18). The van der Waals surface area contributed by atoms with Crippen LogP contribution in [0, 0.1) is 13.8 Å². The smallest absolute Gasteiger partial charge is 0.347 e. The molecule has 0 aliphatic heterocycles. The summed E-state index contributed by atoms with van der Waals surface area (Å²) < 4.78 is 1.59. The quantitative estimate of drug-likeness (QED) is 0.801. The fraction of sp³-hybridized carbons (Fsp3) is 0.643. The van der Waals surface area contributed by atoms with E-state index in [-0.39, 0.29) is 5.69 Å². The highest BCUT2D eigenvalue weighted by atomic mass is 16.4. The molecule has 1 aromatic heterocycles. The van der Waals surface area contributed by atoms with E-state index in [0.717, 1.165) is 25.0 Å². The second kappa shape index (κ2) is 6.50. The molecule has 0 amide bonds. The van der Waals surface area contributed by atoms with Crippen molar-refractivity contribution >= 4 is 5.97 Å². The van der Waals surface area contributed by atoms with Crippen molar-refractivity contribution in [2.75, 3.05) is 0 Å². The number of nitrogens with zero attached hydrogens (tertiary/aromatic N) is 2. The van der Waals surface area contributed by atoms with Crippen LogP contribution in [-0.4, -0.2) is 20.6 Å². The van der Waals surface area contributed by atoms with Crippen LogP contribution < -0.4 is 5.69 Å². The van der Waals surface area contributed by atoms with Gasteiger partial charge in [-0.2, -0.15) is 4.98 Å². The van der Waals surface area contributed by atoms with Crippen LogP contribution >= 0.6 is 0 Å². The lowest BCUT2D eigenvalue weighted by atomic mass is 9.98. The molecule has 0 spiro atoms. The third-order valence-corrected chi connectivity index (χ3v) is 3.47. The van der Waals surface area contributed by atoms with Gasteiger partial charge >= 0.3 is 11.7 Å². The predicted octanol–water partition coefficient (Wildman–Crippen LogP) is 2.24. The van der Waals surface area contributed by atoms with E-state index < -0.39 is 11.9 Å². The molecule has 0 aliphatic carbocycles. The van der Waals surface area contributed by atoms with Crippen molar-refractivity contribution in [1.82, 2.24) is 9.55 Å².